The molecule has 11 nitrogen and oxygen atoms in total. The molecule has 2 amide bonds. The Morgan fingerprint density at radius 3 is 2.47 bits per heavy atom. The number of carbonyl (C=O) groups is 1. The minimum absolute atomic E-state index is 0.310. The summed E-state index contributed by atoms with van der Waals surface area (Å²) in [6, 6.07) is 12.4. The van der Waals surface area contributed by atoms with Crippen molar-refractivity contribution in [2.75, 3.05) is 61.2 Å². The standard InChI is InChI=1S/C30H35Cl2N7O4/c1-18(2)38-9-11-39(12-10-38)26-8-5-19(31)13-25(26)37-30(40)36-22-7-6-20(14-21(22)32)43-28-16-24-23(33-17-34-28)15-27(41-3)29(35-24)42-4/h5-8,13-15,17-18,28H,9-12,16H2,1-4H3,(H,33,34)(H2,36,37,40). The largest absolute Gasteiger partial charge is 0.491 e. The first-order valence-electron chi connectivity index (χ1n) is 14.0. The molecule has 0 radical (unpaired) electrons. The van der Waals surface area contributed by atoms with E-state index in [1.165, 1.54) is 7.11 Å². The van der Waals surface area contributed by atoms with Gasteiger partial charge in [-0.15, -0.1) is 0 Å². The average molecular weight is 629 g/mol. The third-order valence-corrected chi connectivity index (χ3v) is 7.88. The van der Waals surface area contributed by atoms with Crippen molar-refractivity contribution in [2.24, 2.45) is 4.99 Å². The maximum absolute atomic E-state index is 13.0. The molecule has 1 unspecified atom stereocenters. The number of pyridine rings is 1. The van der Waals surface area contributed by atoms with Crippen molar-refractivity contribution in [3.63, 3.8) is 0 Å². The second-order valence-corrected chi connectivity index (χ2v) is 11.2. The lowest BCUT2D eigenvalue weighted by molar-refractivity contribution is 0.209. The molecule has 13 heteroatoms. The van der Waals surface area contributed by atoms with E-state index in [1.807, 2.05) is 12.1 Å². The number of amides is 2. The third-order valence-electron chi connectivity index (χ3n) is 7.33. The van der Waals surface area contributed by atoms with Crippen molar-refractivity contribution in [1.82, 2.24) is 9.88 Å². The number of aliphatic imine (C=N–C) groups is 1. The topological polar surface area (TPSA) is 113 Å². The zero-order valence-electron chi connectivity index (χ0n) is 24.5. The second kappa shape index (κ2) is 13.6. The molecule has 1 aromatic heterocycles. The number of methoxy groups -OCH3 is 2. The molecule has 0 bridgehead atoms. The Morgan fingerprint density at radius 1 is 1.00 bits per heavy atom. The Bertz CT molecular complexity index is 1500. The molecule has 228 valence electrons. The molecular weight excluding hydrogens is 593 g/mol. The summed E-state index contributed by atoms with van der Waals surface area (Å²) in [5.74, 6) is 1.37. The lowest BCUT2D eigenvalue weighted by Crippen LogP contribution is -2.49. The summed E-state index contributed by atoms with van der Waals surface area (Å²) in [6.45, 7) is 8.01. The van der Waals surface area contributed by atoms with Gasteiger partial charge in [-0.3, -0.25) is 4.90 Å². The molecule has 2 aliphatic rings. The average Bonchev–Trinajstić information content (AvgIpc) is 3.19. The van der Waals surface area contributed by atoms with E-state index in [-0.39, 0.29) is 0 Å². The number of urea groups is 1. The highest BCUT2D eigenvalue weighted by Crippen LogP contribution is 2.34. The monoisotopic (exact) mass is 627 g/mol. The van der Waals surface area contributed by atoms with Crippen LogP contribution in [-0.2, 0) is 6.42 Å². The number of nitrogens with one attached hydrogen (secondary N) is 3. The van der Waals surface area contributed by atoms with Crippen molar-refractivity contribution >= 4 is 58.3 Å². The minimum atomic E-state index is -0.568. The molecule has 3 heterocycles. The van der Waals surface area contributed by atoms with Crippen molar-refractivity contribution < 1.29 is 19.0 Å². The number of hydrogen-bond donors (Lipinski definition) is 3. The molecule has 43 heavy (non-hydrogen) atoms. The molecule has 0 aliphatic carbocycles. The number of aromatic nitrogens is 1. The summed E-state index contributed by atoms with van der Waals surface area (Å²) in [6.07, 6.45) is 1.37. The normalized spacial score (nSPS) is 16.6. The maximum atomic E-state index is 13.0. The van der Waals surface area contributed by atoms with Crippen molar-refractivity contribution in [2.45, 2.75) is 32.5 Å². The van der Waals surface area contributed by atoms with Gasteiger partial charge in [0.15, 0.2) is 12.0 Å². The van der Waals surface area contributed by atoms with E-state index in [0.29, 0.717) is 57.0 Å². The predicted octanol–water partition coefficient (Wildman–Crippen LogP) is 5.98. The van der Waals surface area contributed by atoms with Crippen LogP contribution in [-0.4, -0.2) is 74.9 Å². The molecule has 3 N–H and O–H groups in total. The first-order valence-corrected chi connectivity index (χ1v) is 14.7. The molecule has 1 saturated heterocycles. The van der Waals surface area contributed by atoms with E-state index in [4.69, 9.17) is 37.4 Å². The minimum Gasteiger partial charge on any atom is -0.491 e. The summed E-state index contributed by atoms with van der Waals surface area (Å²) < 4.78 is 16.8. The van der Waals surface area contributed by atoms with E-state index >= 15 is 0 Å². The van der Waals surface area contributed by atoms with Gasteiger partial charge in [0.25, 0.3) is 5.88 Å². The highest BCUT2D eigenvalue weighted by atomic mass is 35.5. The van der Waals surface area contributed by atoms with E-state index in [0.717, 1.165) is 37.6 Å². The molecule has 0 saturated carbocycles. The zero-order valence-corrected chi connectivity index (χ0v) is 26.0. The van der Waals surface area contributed by atoms with Crippen LogP contribution in [0.4, 0.5) is 27.5 Å². The van der Waals surface area contributed by atoms with Crippen LogP contribution < -0.4 is 35.1 Å². The SMILES string of the molecule is COc1cc2c(nc1OC)CC(Oc1ccc(NC(=O)Nc3cc(Cl)ccc3N3CCN(C(C)C)CC3)c(Cl)c1)N=CN2. The fraction of sp³-hybridized carbons (Fsp3) is 0.367. The van der Waals surface area contributed by atoms with Crippen LogP contribution in [0.15, 0.2) is 47.5 Å². The molecule has 2 aliphatic heterocycles. The molecule has 1 fully saturated rings. The fourth-order valence-corrected chi connectivity index (χ4v) is 5.42. The Balaban J connectivity index is 1.23. The van der Waals surface area contributed by atoms with Gasteiger partial charge in [0.05, 0.1) is 60.4 Å². The first kappa shape index (κ1) is 30.5. The zero-order chi connectivity index (χ0) is 30.5. The molecule has 0 spiro atoms. The van der Waals surface area contributed by atoms with Crippen LogP contribution in [0, 0.1) is 0 Å². The third kappa shape index (κ3) is 7.35. The number of fused-ring (bicyclic) bond motifs is 1. The van der Waals surface area contributed by atoms with Crippen LogP contribution in [0.5, 0.6) is 17.4 Å². The summed E-state index contributed by atoms with van der Waals surface area (Å²) >= 11 is 12.8. The summed E-state index contributed by atoms with van der Waals surface area (Å²) in [4.78, 5) is 26.7. The van der Waals surface area contributed by atoms with Gasteiger partial charge in [-0.2, -0.15) is 0 Å². The predicted molar refractivity (Wildman–Crippen MR) is 172 cm³/mol. The summed E-state index contributed by atoms with van der Waals surface area (Å²) in [7, 11) is 3.09. The van der Waals surface area contributed by atoms with E-state index in [2.05, 4.69) is 49.6 Å². The Hall–Kier alpha value is -3.93. The van der Waals surface area contributed by atoms with Gasteiger partial charge in [0, 0.05) is 49.4 Å². The smallest absolute Gasteiger partial charge is 0.323 e. The maximum Gasteiger partial charge on any atom is 0.323 e. The lowest BCUT2D eigenvalue weighted by atomic mass is 10.2. The van der Waals surface area contributed by atoms with Crippen LogP contribution in [0.1, 0.15) is 19.5 Å². The summed E-state index contributed by atoms with van der Waals surface area (Å²) in [5, 5.41) is 9.71. The van der Waals surface area contributed by atoms with E-state index in [1.54, 1.807) is 43.8 Å². The number of anilines is 4. The number of ether oxygens (including phenoxy) is 3. The molecule has 1 atom stereocenters. The van der Waals surface area contributed by atoms with Crippen molar-refractivity contribution in [3.8, 4) is 17.4 Å². The van der Waals surface area contributed by atoms with Gasteiger partial charge in [-0.1, -0.05) is 23.2 Å². The Labute approximate surface area is 261 Å². The number of hydrogen-bond acceptors (Lipinski definition) is 9. The molecule has 3 aromatic rings. The Morgan fingerprint density at radius 2 is 1.77 bits per heavy atom. The van der Waals surface area contributed by atoms with Crippen molar-refractivity contribution in [3.05, 3.63) is 58.2 Å². The van der Waals surface area contributed by atoms with Crippen molar-refractivity contribution in [1.29, 1.82) is 0 Å². The number of benzene rings is 2. The number of carbonyl (C=O) groups excluding carboxylic acids is 1. The number of rotatable bonds is 8. The van der Waals surface area contributed by atoms with Crippen LogP contribution in [0.2, 0.25) is 10.0 Å². The fourth-order valence-electron chi connectivity index (χ4n) is 5.03. The van der Waals surface area contributed by atoms with Gasteiger partial charge < -0.3 is 35.1 Å². The van der Waals surface area contributed by atoms with Gasteiger partial charge in [0.1, 0.15) is 5.75 Å². The molecule has 5 rings (SSSR count). The molecular formula is C30H35Cl2N7O4. The number of nitrogens with zero attached hydrogens (tertiary/aromatic N) is 4. The van der Waals surface area contributed by atoms with Gasteiger partial charge in [-0.05, 0) is 44.2 Å². The van der Waals surface area contributed by atoms with Gasteiger partial charge >= 0.3 is 6.03 Å². The summed E-state index contributed by atoms with van der Waals surface area (Å²) in [5.41, 5.74) is 3.43. The van der Waals surface area contributed by atoms with E-state index in [9.17, 15) is 4.79 Å². The number of piperazine rings is 1. The van der Waals surface area contributed by atoms with Gasteiger partial charge in [-0.25, -0.2) is 14.8 Å². The Kier molecular flexibility index (Phi) is 9.64. The highest BCUT2D eigenvalue weighted by molar-refractivity contribution is 6.34. The van der Waals surface area contributed by atoms with Crippen LogP contribution >= 0.6 is 23.2 Å². The van der Waals surface area contributed by atoms with Gasteiger partial charge in [0.2, 0.25) is 0 Å². The van der Waals surface area contributed by atoms with Crippen LogP contribution in [0.25, 0.3) is 0 Å². The van der Waals surface area contributed by atoms with Crippen LogP contribution in [0.3, 0.4) is 0 Å². The quantitative estimate of drug-likeness (QED) is 0.279. The molecule has 2 aromatic carbocycles. The first-order chi connectivity index (χ1) is 20.7. The highest BCUT2D eigenvalue weighted by Gasteiger charge is 2.23. The van der Waals surface area contributed by atoms with E-state index < -0.39 is 12.3 Å². The number of halogens is 2. The second-order valence-electron chi connectivity index (χ2n) is 10.4. The lowest BCUT2D eigenvalue weighted by Gasteiger charge is -2.38.